The highest BCUT2D eigenvalue weighted by Crippen LogP contribution is 2.70. The normalized spacial score (nSPS) is 54.3. The molecule has 0 bridgehead atoms. The van der Waals surface area contributed by atoms with Crippen molar-refractivity contribution in [2.75, 3.05) is 19.8 Å². The average molecular weight is 1080 g/mol. The van der Waals surface area contributed by atoms with Crippen molar-refractivity contribution in [2.24, 2.45) is 46.3 Å². The van der Waals surface area contributed by atoms with Crippen LogP contribution in [0.4, 0.5) is 0 Å². The predicted octanol–water partition coefficient (Wildman–Crippen LogP) is -2.91. The van der Waals surface area contributed by atoms with Gasteiger partial charge in [-0.2, -0.15) is 0 Å². The minimum atomic E-state index is -2.08. The van der Waals surface area contributed by atoms with Crippen molar-refractivity contribution in [1.82, 2.24) is 0 Å². The SMILES string of the molecule is CC(CCC1(O)OC2CC3C4CC=C5CC(OC6OC(C(=O)O)C(O)C(OC7OC(CO)C(O)C(O)C7O)C6OC6OC(C)C(O)C(O)C6O)CCC5(C)C4CCC3(C)C2C1C)COC1OC(CO)C(O)C(O)C1O. The molecule has 0 amide bonds. The molecular weight excluding hydrogens is 997 g/mol. The maximum Gasteiger partial charge on any atom is 0.335 e. The van der Waals surface area contributed by atoms with Crippen LogP contribution in [0.3, 0.4) is 0 Å². The molecule has 9 aliphatic rings. The second kappa shape index (κ2) is 22.3. The summed E-state index contributed by atoms with van der Waals surface area (Å²) in [7, 11) is 0. The zero-order valence-corrected chi connectivity index (χ0v) is 43.1. The Kier molecular flexibility index (Phi) is 17.3. The fraction of sp³-hybridized carbons (Fsp3) is 0.941. The average Bonchev–Trinajstić information content (AvgIpc) is 3.89. The monoisotopic (exact) mass is 1080 g/mol. The summed E-state index contributed by atoms with van der Waals surface area (Å²) in [6.07, 6.45) is -25.6. The van der Waals surface area contributed by atoms with E-state index in [0.717, 1.165) is 25.7 Å². The summed E-state index contributed by atoms with van der Waals surface area (Å²) >= 11 is 0. The lowest BCUT2D eigenvalue weighted by Gasteiger charge is -2.58. The molecule has 14 N–H and O–H groups in total. The minimum absolute atomic E-state index is 0.101. The third-order valence-corrected chi connectivity index (χ3v) is 19.5. The van der Waals surface area contributed by atoms with Crippen LogP contribution in [0, 0.1) is 46.3 Å². The summed E-state index contributed by atoms with van der Waals surface area (Å²) in [5.74, 6) is -2.18. The molecular formula is C51H82O24. The largest absolute Gasteiger partial charge is 0.479 e. The molecule has 5 aliphatic heterocycles. The van der Waals surface area contributed by atoms with E-state index in [1.54, 1.807) is 0 Å². The highest BCUT2D eigenvalue weighted by molar-refractivity contribution is 5.73. The number of hydrogen-bond donors (Lipinski definition) is 14. The molecule has 31 unspecified atom stereocenters. The number of aliphatic carboxylic acids is 1. The van der Waals surface area contributed by atoms with Gasteiger partial charge < -0.3 is 114 Å². The van der Waals surface area contributed by atoms with Gasteiger partial charge in [0.05, 0.1) is 38.1 Å². The Morgan fingerprint density at radius 3 is 1.95 bits per heavy atom. The third-order valence-electron chi connectivity index (χ3n) is 19.5. The zero-order chi connectivity index (χ0) is 54.4. The molecule has 5 heterocycles. The second-order valence-corrected chi connectivity index (χ2v) is 23.9. The predicted molar refractivity (Wildman–Crippen MR) is 251 cm³/mol. The molecule has 75 heavy (non-hydrogen) atoms. The highest BCUT2D eigenvalue weighted by atomic mass is 16.8. The molecule has 8 fully saturated rings. The smallest absolute Gasteiger partial charge is 0.335 e. The summed E-state index contributed by atoms with van der Waals surface area (Å²) in [4.78, 5) is 12.7. The highest BCUT2D eigenvalue weighted by Gasteiger charge is 2.68. The topological polar surface area (TPSA) is 383 Å². The Morgan fingerprint density at radius 1 is 0.707 bits per heavy atom. The summed E-state index contributed by atoms with van der Waals surface area (Å²) in [6, 6.07) is 0. The Balaban J connectivity index is 0.874. The maximum atomic E-state index is 12.7. The number of carboxylic acid groups (broad SMARTS) is 1. The number of rotatable bonds is 15. The molecule has 0 spiro atoms. The minimum Gasteiger partial charge on any atom is -0.479 e. The van der Waals surface area contributed by atoms with Gasteiger partial charge in [-0.25, -0.2) is 4.79 Å². The lowest BCUT2D eigenvalue weighted by atomic mass is 9.47. The van der Waals surface area contributed by atoms with Crippen molar-refractivity contribution in [3.8, 4) is 0 Å². The van der Waals surface area contributed by atoms with Crippen molar-refractivity contribution in [2.45, 2.75) is 233 Å². The van der Waals surface area contributed by atoms with Gasteiger partial charge >= 0.3 is 5.97 Å². The molecule has 430 valence electrons. The maximum absolute atomic E-state index is 12.7. The van der Waals surface area contributed by atoms with Gasteiger partial charge in [-0.1, -0.05) is 39.3 Å². The van der Waals surface area contributed by atoms with Crippen molar-refractivity contribution in [3.05, 3.63) is 11.6 Å². The van der Waals surface area contributed by atoms with E-state index in [9.17, 15) is 76.3 Å². The summed E-state index contributed by atoms with van der Waals surface area (Å²) in [6.45, 7) is 8.83. The Bertz CT molecular complexity index is 2000. The van der Waals surface area contributed by atoms with Gasteiger partial charge in [-0.15, -0.1) is 0 Å². The van der Waals surface area contributed by atoms with Gasteiger partial charge in [0.15, 0.2) is 37.1 Å². The second-order valence-electron chi connectivity index (χ2n) is 23.9. The van der Waals surface area contributed by atoms with Crippen molar-refractivity contribution in [3.63, 3.8) is 0 Å². The number of carboxylic acids is 1. The molecule has 31 atom stereocenters. The molecule has 0 aromatic heterocycles. The third kappa shape index (κ3) is 10.4. The fourth-order valence-electron chi connectivity index (χ4n) is 15.0. The summed E-state index contributed by atoms with van der Waals surface area (Å²) in [5.41, 5.74) is 0.831. The Hall–Kier alpha value is -1.67. The van der Waals surface area contributed by atoms with E-state index in [4.69, 9.17) is 42.6 Å². The zero-order valence-electron chi connectivity index (χ0n) is 43.1. The van der Waals surface area contributed by atoms with E-state index < -0.39 is 154 Å². The summed E-state index contributed by atoms with van der Waals surface area (Å²) in [5, 5.41) is 148. The molecule has 0 aromatic rings. The van der Waals surface area contributed by atoms with Crippen molar-refractivity contribution >= 4 is 5.97 Å². The number of ether oxygens (including phenoxy) is 9. The van der Waals surface area contributed by atoms with Crippen LogP contribution in [-0.4, -0.2) is 238 Å². The first-order chi connectivity index (χ1) is 35.4. The Morgan fingerprint density at radius 2 is 1.31 bits per heavy atom. The standard InChI is InChI=1S/C51H82O24/c1-19(18-67-45-37(60)35(58)32(55)28(16-52)70-45)8-13-51(66)20(2)30-27(75-51)15-26-24-7-6-22-14-23(9-11-49(22,4)25(24)10-12-50(26,30)5)69-48-43(74-46-38(61)34(57)31(54)21(3)68-46)41(40(63)42(73-48)44(64)65)72-47-39(62)36(59)33(56)29(17-53)71-47/h6,19-21,23-43,45-48,52-63,66H,7-18H2,1-5H3,(H,64,65). The van der Waals surface area contributed by atoms with Crippen LogP contribution in [0.2, 0.25) is 0 Å². The van der Waals surface area contributed by atoms with Crippen molar-refractivity contribution in [1.29, 1.82) is 0 Å². The number of allylic oxidation sites excluding steroid dienone is 1. The number of carbonyl (C=O) groups is 1. The van der Waals surface area contributed by atoms with Crippen LogP contribution >= 0.6 is 0 Å². The van der Waals surface area contributed by atoms with Crippen LogP contribution in [0.1, 0.15) is 92.4 Å². The number of aliphatic hydroxyl groups excluding tert-OH is 12. The van der Waals surface area contributed by atoms with Crippen LogP contribution in [0.5, 0.6) is 0 Å². The van der Waals surface area contributed by atoms with Crippen molar-refractivity contribution < 1.29 is 119 Å². The molecule has 0 radical (unpaired) electrons. The van der Waals surface area contributed by atoms with Gasteiger partial charge in [-0.3, -0.25) is 0 Å². The molecule has 24 heteroatoms. The molecule has 5 saturated heterocycles. The summed E-state index contributed by atoms with van der Waals surface area (Å²) < 4.78 is 54.1. The molecule has 3 saturated carbocycles. The van der Waals surface area contributed by atoms with E-state index in [2.05, 4.69) is 26.8 Å². The van der Waals surface area contributed by atoms with Gasteiger partial charge in [-0.05, 0) is 98.7 Å². The Labute approximate surface area is 435 Å². The number of aliphatic hydroxyl groups is 13. The van der Waals surface area contributed by atoms with Gasteiger partial charge in [0.25, 0.3) is 0 Å². The van der Waals surface area contributed by atoms with Gasteiger partial charge in [0.2, 0.25) is 0 Å². The van der Waals surface area contributed by atoms with Crippen LogP contribution in [0.25, 0.3) is 0 Å². The molecule has 24 nitrogen and oxygen atoms in total. The molecule has 0 aromatic carbocycles. The van der Waals surface area contributed by atoms with E-state index >= 15 is 0 Å². The van der Waals surface area contributed by atoms with E-state index in [-0.39, 0.29) is 41.3 Å². The number of fused-ring (bicyclic) bond motifs is 7. The van der Waals surface area contributed by atoms with Crippen LogP contribution in [0.15, 0.2) is 11.6 Å². The first-order valence-electron chi connectivity index (χ1n) is 26.9. The lowest BCUT2D eigenvalue weighted by molar-refractivity contribution is -0.390. The molecule has 9 rings (SSSR count). The van der Waals surface area contributed by atoms with E-state index in [1.807, 2.05) is 6.92 Å². The van der Waals surface area contributed by atoms with Crippen LogP contribution in [-0.2, 0) is 47.4 Å². The first-order valence-corrected chi connectivity index (χ1v) is 26.9. The van der Waals surface area contributed by atoms with E-state index in [0.29, 0.717) is 49.9 Å². The quantitative estimate of drug-likeness (QED) is 0.0731. The van der Waals surface area contributed by atoms with Crippen LogP contribution < -0.4 is 0 Å². The first kappa shape index (κ1) is 58.0. The van der Waals surface area contributed by atoms with Gasteiger partial charge in [0, 0.05) is 12.3 Å². The van der Waals surface area contributed by atoms with E-state index in [1.165, 1.54) is 12.5 Å². The fourth-order valence-corrected chi connectivity index (χ4v) is 15.0. The van der Waals surface area contributed by atoms with Gasteiger partial charge in [0.1, 0.15) is 85.5 Å². The number of hydrogen-bond acceptors (Lipinski definition) is 23. The lowest BCUT2D eigenvalue weighted by Crippen LogP contribution is -2.67. The molecule has 4 aliphatic carbocycles.